The summed E-state index contributed by atoms with van der Waals surface area (Å²) in [6.07, 6.45) is 3.04. The lowest BCUT2D eigenvalue weighted by Crippen LogP contribution is -2.39. The Morgan fingerprint density at radius 1 is 1.23 bits per heavy atom. The van der Waals surface area contributed by atoms with Crippen LogP contribution in [0.3, 0.4) is 0 Å². The zero-order chi connectivity index (χ0) is 15.1. The Morgan fingerprint density at radius 2 is 1.91 bits per heavy atom. The van der Waals surface area contributed by atoms with Gasteiger partial charge in [-0.2, -0.15) is 4.31 Å². The number of benzene rings is 1. The van der Waals surface area contributed by atoms with Gasteiger partial charge in [-0.1, -0.05) is 27.5 Å². The maximum atomic E-state index is 12.8. The highest BCUT2D eigenvalue weighted by Gasteiger charge is 2.43. The van der Waals surface area contributed by atoms with E-state index in [4.69, 9.17) is 11.6 Å². The maximum Gasteiger partial charge on any atom is 0.244 e. The molecule has 3 rings (SSSR count). The number of halogens is 3. The normalized spacial score (nSPS) is 21.7. The van der Waals surface area contributed by atoms with Crippen LogP contribution < -0.4 is 5.32 Å². The molecule has 0 radical (unpaired) electrons. The second-order valence-corrected chi connectivity index (χ2v) is 9.14. The van der Waals surface area contributed by atoms with Gasteiger partial charge in [0.1, 0.15) is 4.90 Å². The van der Waals surface area contributed by atoms with Crippen molar-refractivity contribution in [2.24, 2.45) is 5.41 Å². The second-order valence-electron chi connectivity index (χ2n) is 5.91. The Morgan fingerprint density at radius 3 is 2.55 bits per heavy atom. The molecule has 4 nitrogen and oxygen atoms in total. The average Bonchev–Trinajstić information content (AvgIpc) is 2.83. The maximum absolute atomic E-state index is 12.8. The van der Waals surface area contributed by atoms with E-state index in [0.29, 0.717) is 13.1 Å². The summed E-state index contributed by atoms with van der Waals surface area (Å²) in [5, 5.41) is 3.62. The summed E-state index contributed by atoms with van der Waals surface area (Å²) >= 11 is 9.43. The van der Waals surface area contributed by atoms with Gasteiger partial charge in [0.05, 0.1) is 5.02 Å². The van der Waals surface area contributed by atoms with Gasteiger partial charge >= 0.3 is 0 Å². The molecular weight excluding hydrogens is 411 g/mol. The van der Waals surface area contributed by atoms with Crippen molar-refractivity contribution < 1.29 is 8.42 Å². The largest absolute Gasteiger partial charge is 0.317 e. The van der Waals surface area contributed by atoms with E-state index in [1.807, 2.05) is 0 Å². The number of nitrogens with one attached hydrogen (secondary N) is 1. The molecule has 1 aromatic rings. The monoisotopic (exact) mass is 428 g/mol. The molecule has 0 aromatic heterocycles. The molecule has 1 aromatic carbocycles. The van der Waals surface area contributed by atoms with Crippen molar-refractivity contribution in [3.8, 4) is 0 Å². The van der Waals surface area contributed by atoms with Crippen molar-refractivity contribution in [2.75, 3.05) is 26.2 Å². The zero-order valence-electron chi connectivity index (χ0n) is 12.0. The number of piperidine rings is 1. The topological polar surface area (TPSA) is 49.4 Å². The first-order chi connectivity index (χ1) is 9.93. The van der Waals surface area contributed by atoms with Gasteiger partial charge < -0.3 is 5.32 Å². The fourth-order valence-electron chi connectivity index (χ4n) is 3.29. The number of hydrogen-bond donors (Lipinski definition) is 1. The molecular formula is C14H19BrCl2N2O2S. The third-order valence-electron chi connectivity index (χ3n) is 4.58. The van der Waals surface area contributed by atoms with Crippen LogP contribution in [0, 0.1) is 5.41 Å². The van der Waals surface area contributed by atoms with E-state index in [1.165, 1.54) is 0 Å². The van der Waals surface area contributed by atoms with Crippen molar-refractivity contribution in [2.45, 2.75) is 24.2 Å². The second kappa shape index (κ2) is 6.95. The van der Waals surface area contributed by atoms with E-state index in [2.05, 4.69) is 21.2 Å². The minimum absolute atomic E-state index is 0. The van der Waals surface area contributed by atoms with Gasteiger partial charge in [0.25, 0.3) is 0 Å². The summed E-state index contributed by atoms with van der Waals surface area (Å²) in [5.41, 5.74) is 0.153. The molecule has 1 N–H and O–H groups in total. The lowest BCUT2D eigenvalue weighted by atomic mass is 9.78. The van der Waals surface area contributed by atoms with Gasteiger partial charge in [-0.25, -0.2) is 8.42 Å². The average molecular weight is 430 g/mol. The van der Waals surface area contributed by atoms with Crippen LogP contribution in [-0.4, -0.2) is 38.9 Å². The summed E-state index contributed by atoms with van der Waals surface area (Å²) < 4.78 is 28.0. The lowest BCUT2D eigenvalue weighted by molar-refractivity contribution is 0.218. The molecule has 2 aliphatic heterocycles. The molecule has 0 unspecified atom stereocenters. The molecule has 22 heavy (non-hydrogen) atoms. The molecule has 2 saturated heterocycles. The molecule has 0 aliphatic carbocycles. The SMILES string of the molecule is Cl.O=S(=O)(c1ccc(Br)cc1Cl)N1CCC2(CCNCC2)C1. The lowest BCUT2D eigenvalue weighted by Gasteiger charge is -2.33. The van der Waals surface area contributed by atoms with Crippen LogP contribution in [-0.2, 0) is 10.0 Å². The molecule has 8 heteroatoms. The first-order valence-electron chi connectivity index (χ1n) is 7.09. The predicted octanol–water partition coefficient (Wildman–Crippen LogP) is 3.29. The molecule has 2 heterocycles. The summed E-state index contributed by atoms with van der Waals surface area (Å²) in [7, 11) is -3.50. The molecule has 2 aliphatic rings. The van der Waals surface area contributed by atoms with Gasteiger partial charge in [0.15, 0.2) is 0 Å². The fourth-order valence-corrected chi connectivity index (χ4v) is 5.85. The van der Waals surface area contributed by atoms with Crippen molar-refractivity contribution in [3.05, 3.63) is 27.7 Å². The first-order valence-corrected chi connectivity index (χ1v) is 9.70. The Hall–Kier alpha value is 0.150. The number of nitrogens with zero attached hydrogens (tertiary/aromatic N) is 1. The summed E-state index contributed by atoms with van der Waals surface area (Å²) in [6.45, 7) is 3.16. The van der Waals surface area contributed by atoms with E-state index in [1.54, 1.807) is 22.5 Å². The van der Waals surface area contributed by atoms with Gasteiger partial charge in [0.2, 0.25) is 10.0 Å². The minimum atomic E-state index is -3.50. The predicted molar refractivity (Wildman–Crippen MR) is 94.3 cm³/mol. The standard InChI is InChI=1S/C14H18BrClN2O2S.ClH/c15-11-1-2-13(12(16)9-11)21(19,20)18-8-5-14(10-18)3-6-17-7-4-14;/h1-2,9,17H,3-8,10H2;1H. The van der Waals surface area contributed by atoms with Gasteiger partial charge in [0, 0.05) is 17.6 Å². The third kappa shape index (κ3) is 3.47. The highest BCUT2D eigenvalue weighted by atomic mass is 79.9. The Bertz CT molecular complexity index is 648. The van der Waals surface area contributed by atoms with E-state index >= 15 is 0 Å². The van der Waals surface area contributed by atoms with Crippen LogP contribution in [0.5, 0.6) is 0 Å². The summed E-state index contributed by atoms with van der Waals surface area (Å²) in [4.78, 5) is 0.207. The Balaban J connectivity index is 0.00000176. The Kier molecular flexibility index (Phi) is 5.84. The van der Waals surface area contributed by atoms with Crippen LogP contribution in [0.25, 0.3) is 0 Å². The summed E-state index contributed by atoms with van der Waals surface area (Å²) in [5.74, 6) is 0. The summed E-state index contributed by atoms with van der Waals surface area (Å²) in [6, 6.07) is 4.93. The van der Waals surface area contributed by atoms with Gasteiger partial charge in [-0.15, -0.1) is 12.4 Å². The molecule has 0 bridgehead atoms. The van der Waals surface area contributed by atoms with E-state index in [-0.39, 0.29) is 27.7 Å². The van der Waals surface area contributed by atoms with Crippen LogP contribution in [0.2, 0.25) is 5.02 Å². The molecule has 1 spiro atoms. The van der Waals surface area contributed by atoms with Crippen LogP contribution >= 0.6 is 39.9 Å². The van der Waals surface area contributed by atoms with E-state index in [9.17, 15) is 8.42 Å². The first kappa shape index (κ1) is 18.5. The van der Waals surface area contributed by atoms with Crippen LogP contribution in [0.1, 0.15) is 19.3 Å². The molecule has 124 valence electrons. The zero-order valence-corrected chi connectivity index (χ0v) is 16.0. The molecule has 0 amide bonds. The van der Waals surface area contributed by atoms with Gasteiger partial charge in [-0.05, 0) is 56.0 Å². The highest BCUT2D eigenvalue weighted by Crippen LogP contribution is 2.41. The minimum Gasteiger partial charge on any atom is -0.317 e. The smallest absolute Gasteiger partial charge is 0.244 e. The van der Waals surface area contributed by atoms with Crippen LogP contribution in [0.15, 0.2) is 27.6 Å². The van der Waals surface area contributed by atoms with Gasteiger partial charge in [-0.3, -0.25) is 0 Å². The Labute approximate surface area is 151 Å². The van der Waals surface area contributed by atoms with Crippen molar-refractivity contribution in [1.29, 1.82) is 0 Å². The van der Waals surface area contributed by atoms with Crippen molar-refractivity contribution in [3.63, 3.8) is 0 Å². The highest BCUT2D eigenvalue weighted by molar-refractivity contribution is 9.10. The molecule has 2 fully saturated rings. The van der Waals surface area contributed by atoms with Crippen molar-refractivity contribution >= 4 is 50.0 Å². The number of rotatable bonds is 2. The number of sulfonamides is 1. The van der Waals surface area contributed by atoms with Crippen LogP contribution in [0.4, 0.5) is 0 Å². The van der Waals surface area contributed by atoms with E-state index in [0.717, 1.165) is 36.8 Å². The fraction of sp³-hybridized carbons (Fsp3) is 0.571. The third-order valence-corrected chi connectivity index (χ3v) is 7.40. The number of hydrogen-bond acceptors (Lipinski definition) is 3. The molecule has 0 saturated carbocycles. The van der Waals surface area contributed by atoms with E-state index < -0.39 is 10.0 Å². The molecule has 0 atom stereocenters. The van der Waals surface area contributed by atoms with Crippen molar-refractivity contribution in [1.82, 2.24) is 9.62 Å². The quantitative estimate of drug-likeness (QED) is 0.784.